The van der Waals surface area contributed by atoms with Crippen molar-refractivity contribution in [3.8, 4) is 0 Å². The lowest BCUT2D eigenvalue weighted by molar-refractivity contribution is -0.142. The van der Waals surface area contributed by atoms with Crippen molar-refractivity contribution in [2.75, 3.05) is 7.11 Å². The van der Waals surface area contributed by atoms with Crippen molar-refractivity contribution in [3.63, 3.8) is 0 Å². The molecule has 0 aliphatic carbocycles. The van der Waals surface area contributed by atoms with Gasteiger partial charge in [0.25, 0.3) is 0 Å². The fraction of sp³-hybridized carbons (Fsp3) is 0.300. The van der Waals surface area contributed by atoms with Gasteiger partial charge < -0.3 is 10.5 Å². The van der Waals surface area contributed by atoms with Crippen molar-refractivity contribution in [1.29, 1.82) is 0 Å². The van der Waals surface area contributed by atoms with Gasteiger partial charge >= 0.3 is 5.97 Å². The van der Waals surface area contributed by atoms with E-state index in [-0.39, 0.29) is 0 Å². The van der Waals surface area contributed by atoms with Crippen LogP contribution in [0.1, 0.15) is 5.56 Å². The van der Waals surface area contributed by atoms with Gasteiger partial charge in [-0.1, -0.05) is 30.3 Å². The van der Waals surface area contributed by atoms with Gasteiger partial charge in [-0.25, -0.2) is 0 Å². The first kappa shape index (κ1) is 7.09. The summed E-state index contributed by atoms with van der Waals surface area (Å²) in [4.78, 5) is 11.3. The average Bonchev–Trinajstić information content (AvgIpc) is 2.26. The molecule has 0 spiro atoms. The second-order valence-corrected chi connectivity index (χ2v) is 2.73. The molecule has 0 fully saturated rings. The minimum atomic E-state index is -0.877. The van der Waals surface area contributed by atoms with Crippen LogP contribution in [0.3, 0.4) is 0 Å². The Morgan fingerprint density at radius 3 is 2.85 bits per heavy atom. The molecule has 0 aliphatic rings. The fourth-order valence-corrected chi connectivity index (χ4v) is 1.06. The van der Waals surface area contributed by atoms with Crippen LogP contribution in [0.15, 0.2) is 30.3 Å². The smallest absolute Gasteiger partial charge is 0.322 e. The van der Waals surface area contributed by atoms with Crippen molar-refractivity contribution >= 4 is 5.97 Å². The van der Waals surface area contributed by atoms with Gasteiger partial charge in [0.05, 0.1) is 7.11 Å². The highest BCUT2D eigenvalue weighted by Crippen LogP contribution is 2.02. The van der Waals surface area contributed by atoms with Crippen LogP contribution in [-0.4, -0.2) is 19.1 Å². The van der Waals surface area contributed by atoms with Gasteiger partial charge in [-0.05, 0) is 12.0 Å². The first-order valence-corrected chi connectivity index (χ1v) is 4.04. The van der Waals surface area contributed by atoms with Crippen LogP contribution in [0.4, 0.5) is 0 Å². The Labute approximate surface area is 80.4 Å². The predicted molar refractivity (Wildman–Crippen MR) is 50.1 cm³/mol. The highest BCUT2D eigenvalue weighted by atomic mass is 16.5. The van der Waals surface area contributed by atoms with Crippen LogP contribution >= 0.6 is 0 Å². The number of benzene rings is 1. The van der Waals surface area contributed by atoms with Crippen molar-refractivity contribution < 1.29 is 12.4 Å². The number of esters is 1. The molecule has 1 aromatic rings. The molecule has 0 radical (unpaired) electrons. The summed E-state index contributed by atoms with van der Waals surface area (Å²) in [5.74, 6) is -0.566. The Morgan fingerprint density at radius 2 is 2.31 bits per heavy atom. The molecule has 0 heterocycles. The van der Waals surface area contributed by atoms with E-state index in [1.807, 2.05) is 30.3 Å². The molecule has 0 amide bonds. The number of rotatable bonds is 4. The lowest BCUT2D eigenvalue weighted by Crippen LogP contribution is -2.33. The van der Waals surface area contributed by atoms with Gasteiger partial charge in [-0.15, -0.1) is 0 Å². The second-order valence-electron chi connectivity index (χ2n) is 2.73. The number of hydrogen-bond donors (Lipinski definition) is 1. The number of carbonyl (C=O) groups excluding carboxylic acids is 1. The third-order valence-corrected chi connectivity index (χ3v) is 1.75. The summed E-state index contributed by atoms with van der Waals surface area (Å²) in [6, 6.07) is 8.38. The minimum Gasteiger partial charge on any atom is -0.468 e. The monoisotopic (exact) mass is 181 g/mol. The van der Waals surface area contributed by atoms with E-state index >= 15 is 0 Å². The number of methoxy groups -OCH3 is 1. The molecule has 0 aliphatic heterocycles. The fourth-order valence-electron chi connectivity index (χ4n) is 1.06. The van der Waals surface area contributed by atoms with E-state index in [9.17, 15) is 4.79 Å². The number of nitrogens with two attached hydrogens (primary N) is 1. The zero-order valence-electron chi connectivity index (χ0n) is 9.43. The van der Waals surface area contributed by atoms with E-state index in [1.165, 1.54) is 7.11 Å². The number of hydrogen-bond acceptors (Lipinski definition) is 3. The first-order valence-electron chi connectivity index (χ1n) is 4.93. The third-order valence-electron chi connectivity index (χ3n) is 1.75. The normalized spacial score (nSPS) is 14.6. The summed E-state index contributed by atoms with van der Waals surface area (Å²) in [6.07, 6.45) is 0.306. The summed E-state index contributed by atoms with van der Waals surface area (Å²) >= 11 is 0. The number of carbonyl (C=O) groups is 1. The van der Waals surface area contributed by atoms with E-state index in [1.54, 1.807) is 0 Å². The molecule has 0 saturated heterocycles. The molecule has 70 valence electrons. The molecule has 1 rings (SSSR count). The Balaban J connectivity index is 2.72. The molecule has 3 heteroatoms. The summed E-state index contributed by atoms with van der Waals surface area (Å²) in [6.45, 7) is 0. The van der Waals surface area contributed by atoms with Crippen molar-refractivity contribution in [2.45, 2.75) is 12.5 Å². The quantitative estimate of drug-likeness (QED) is 0.697. The Morgan fingerprint density at radius 1 is 1.62 bits per heavy atom. The molecule has 3 nitrogen and oxygen atoms in total. The van der Waals surface area contributed by atoms with Crippen molar-refractivity contribution in [3.05, 3.63) is 35.9 Å². The lowest BCUT2D eigenvalue weighted by Gasteiger charge is -2.08. The van der Waals surface area contributed by atoms with Gasteiger partial charge in [0.1, 0.15) is 8.87 Å². The molecule has 2 N–H and O–H groups in total. The molecule has 0 saturated carbocycles. The Hall–Kier alpha value is -1.35. The Kier molecular flexibility index (Phi) is 2.52. The summed E-state index contributed by atoms with van der Waals surface area (Å²) in [5, 5.41) is 0. The molecular formula is C10H13NO2. The van der Waals surface area contributed by atoms with Crippen molar-refractivity contribution in [1.82, 2.24) is 0 Å². The van der Waals surface area contributed by atoms with Crippen LogP contribution in [0, 0.1) is 0 Å². The molecule has 0 unspecified atom stereocenters. The van der Waals surface area contributed by atoms with Crippen LogP contribution in [0.5, 0.6) is 0 Å². The Bertz CT molecular complexity index is 316. The van der Waals surface area contributed by atoms with Crippen molar-refractivity contribution in [2.24, 2.45) is 5.72 Å². The van der Waals surface area contributed by atoms with Crippen LogP contribution < -0.4 is 5.72 Å². The third kappa shape index (κ3) is 2.87. The number of ether oxygens (including phenoxy) is 1. The molecule has 1 aromatic carbocycles. The van der Waals surface area contributed by atoms with E-state index in [4.69, 9.17) is 2.82 Å². The maximum Gasteiger partial charge on any atom is 0.322 e. The van der Waals surface area contributed by atoms with Gasteiger partial charge in [-0.3, -0.25) is 4.79 Å². The van der Waals surface area contributed by atoms with E-state index in [0.29, 0.717) is 12.1 Å². The van der Waals surface area contributed by atoms with Gasteiger partial charge in [0.15, 0.2) is 0 Å². The zero-order valence-corrected chi connectivity index (χ0v) is 7.43. The topological polar surface area (TPSA) is 52.3 Å². The van der Waals surface area contributed by atoms with E-state index in [0.717, 1.165) is 5.56 Å². The van der Waals surface area contributed by atoms with Gasteiger partial charge in [-0.2, -0.15) is 0 Å². The largest absolute Gasteiger partial charge is 0.468 e. The molecule has 13 heavy (non-hydrogen) atoms. The maximum atomic E-state index is 11.3. The zero-order chi connectivity index (χ0) is 11.3. The summed E-state index contributed by atoms with van der Waals surface area (Å²) < 4.78 is 18.8. The average molecular weight is 181 g/mol. The van der Waals surface area contributed by atoms with Crippen LogP contribution in [-0.2, 0) is 16.0 Å². The van der Waals surface area contributed by atoms with Gasteiger partial charge in [0, 0.05) is 0 Å². The van der Waals surface area contributed by atoms with Crippen LogP contribution in [0.25, 0.3) is 0 Å². The highest BCUT2D eigenvalue weighted by Gasteiger charge is 2.13. The highest BCUT2D eigenvalue weighted by molar-refractivity contribution is 5.75. The lowest BCUT2D eigenvalue weighted by atomic mass is 10.1. The second kappa shape index (κ2) is 4.62. The molecule has 0 aromatic heterocycles. The molecular weight excluding hydrogens is 166 g/mol. The SMILES string of the molecule is [2H]N([2H])[C@@H](Cc1ccccc1)C(=O)OC. The summed E-state index contributed by atoms with van der Waals surface area (Å²) in [7, 11) is 1.25. The van der Waals surface area contributed by atoms with E-state index < -0.39 is 12.0 Å². The van der Waals surface area contributed by atoms with Gasteiger partial charge in [0.2, 0.25) is 0 Å². The van der Waals surface area contributed by atoms with E-state index in [2.05, 4.69) is 4.74 Å². The standard InChI is InChI=1S/C10H13NO2/c1-13-10(12)9(11)7-8-5-3-2-4-6-8/h2-6,9H,7,11H2,1H3/t9-/m0/s1/i/hD2. The summed E-state index contributed by atoms with van der Waals surface area (Å²) in [5.41, 5.74) is 1.27. The minimum absolute atomic E-state index is 0.306. The predicted octanol–water partition coefficient (Wildman–Crippen LogP) is 0.729. The molecule has 0 bridgehead atoms. The molecule has 1 atom stereocenters. The first-order chi connectivity index (χ1) is 7.15. The maximum absolute atomic E-state index is 11.3. The van der Waals surface area contributed by atoms with Crippen LogP contribution in [0.2, 0.25) is 2.82 Å².